The zero-order valence-electron chi connectivity index (χ0n) is 8.66. The molecule has 0 aromatic heterocycles. The SMILES string of the molecule is O=C1C(COCc2ccccc2)CC1(Cl)Cl. The van der Waals surface area contributed by atoms with E-state index in [4.69, 9.17) is 27.9 Å². The van der Waals surface area contributed by atoms with Gasteiger partial charge in [-0.2, -0.15) is 0 Å². The highest BCUT2D eigenvalue weighted by molar-refractivity contribution is 6.60. The maximum Gasteiger partial charge on any atom is 0.177 e. The van der Waals surface area contributed by atoms with Gasteiger partial charge in [0, 0.05) is 5.92 Å². The minimum Gasteiger partial charge on any atom is -0.376 e. The number of rotatable bonds is 4. The quantitative estimate of drug-likeness (QED) is 0.777. The van der Waals surface area contributed by atoms with Gasteiger partial charge in [-0.1, -0.05) is 53.5 Å². The van der Waals surface area contributed by atoms with Gasteiger partial charge in [-0.25, -0.2) is 0 Å². The van der Waals surface area contributed by atoms with E-state index in [0.717, 1.165) is 5.56 Å². The first-order valence-corrected chi connectivity index (χ1v) is 5.89. The largest absolute Gasteiger partial charge is 0.376 e. The van der Waals surface area contributed by atoms with E-state index in [-0.39, 0.29) is 11.7 Å². The summed E-state index contributed by atoms with van der Waals surface area (Å²) in [6, 6.07) is 9.83. The Labute approximate surface area is 104 Å². The molecule has 2 nitrogen and oxygen atoms in total. The van der Waals surface area contributed by atoms with Crippen molar-refractivity contribution in [2.45, 2.75) is 17.4 Å². The summed E-state index contributed by atoms with van der Waals surface area (Å²) in [6.45, 7) is 0.914. The van der Waals surface area contributed by atoms with Crippen molar-refractivity contribution in [2.24, 2.45) is 5.92 Å². The molecule has 0 radical (unpaired) electrons. The molecule has 4 heteroatoms. The van der Waals surface area contributed by atoms with Crippen LogP contribution in [0.2, 0.25) is 0 Å². The average Bonchev–Trinajstić information content (AvgIpc) is 2.29. The number of alkyl halides is 2. The van der Waals surface area contributed by atoms with Gasteiger partial charge in [0.15, 0.2) is 10.1 Å². The van der Waals surface area contributed by atoms with Gasteiger partial charge >= 0.3 is 0 Å². The number of ketones is 1. The number of benzene rings is 1. The van der Waals surface area contributed by atoms with Crippen molar-refractivity contribution >= 4 is 29.0 Å². The number of hydrogen-bond donors (Lipinski definition) is 0. The van der Waals surface area contributed by atoms with Crippen LogP contribution in [0.1, 0.15) is 12.0 Å². The predicted octanol–water partition coefficient (Wildman–Crippen LogP) is 2.97. The Balaban J connectivity index is 1.73. The van der Waals surface area contributed by atoms with Crippen molar-refractivity contribution in [2.75, 3.05) is 6.61 Å². The second kappa shape index (κ2) is 4.74. The molecule has 1 fully saturated rings. The van der Waals surface area contributed by atoms with Gasteiger partial charge in [-0.3, -0.25) is 4.79 Å². The Morgan fingerprint density at radius 3 is 2.56 bits per heavy atom. The van der Waals surface area contributed by atoms with Crippen LogP contribution < -0.4 is 0 Å². The van der Waals surface area contributed by atoms with Crippen molar-refractivity contribution in [1.29, 1.82) is 0 Å². The molecule has 0 heterocycles. The molecule has 0 spiro atoms. The molecule has 2 rings (SSSR count). The zero-order valence-corrected chi connectivity index (χ0v) is 10.2. The fourth-order valence-electron chi connectivity index (χ4n) is 1.70. The highest BCUT2D eigenvalue weighted by Gasteiger charge is 2.50. The molecule has 0 saturated heterocycles. The first kappa shape index (κ1) is 11.9. The molecular formula is C12H12Cl2O2. The van der Waals surface area contributed by atoms with Crippen LogP contribution in [-0.2, 0) is 16.1 Å². The standard InChI is InChI=1S/C12H12Cl2O2/c13-12(14)6-10(11(12)15)8-16-7-9-4-2-1-3-5-9/h1-5,10H,6-8H2. The van der Waals surface area contributed by atoms with E-state index in [0.29, 0.717) is 19.6 Å². The molecular weight excluding hydrogens is 247 g/mol. The van der Waals surface area contributed by atoms with Gasteiger partial charge < -0.3 is 4.74 Å². The average molecular weight is 259 g/mol. The first-order valence-electron chi connectivity index (χ1n) is 5.13. The van der Waals surface area contributed by atoms with E-state index in [2.05, 4.69) is 0 Å². The zero-order chi connectivity index (χ0) is 11.6. The van der Waals surface area contributed by atoms with E-state index in [9.17, 15) is 4.79 Å². The minimum atomic E-state index is -1.17. The van der Waals surface area contributed by atoms with Gasteiger partial charge in [0.25, 0.3) is 0 Å². The lowest BCUT2D eigenvalue weighted by atomic mass is 9.83. The third-order valence-corrected chi connectivity index (χ3v) is 3.35. The highest BCUT2D eigenvalue weighted by Crippen LogP contribution is 2.43. The number of halogens is 2. The third-order valence-electron chi connectivity index (χ3n) is 2.66. The van der Waals surface area contributed by atoms with E-state index >= 15 is 0 Å². The summed E-state index contributed by atoms with van der Waals surface area (Å²) < 4.78 is 4.28. The molecule has 16 heavy (non-hydrogen) atoms. The van der Waals surface area contributed by atoms with Crippen LogP contribution in [0.25, 0.3) is 0 Å². The van der Waals surface area contributed by atoms with Crippen LogP contribution in [0.4, 0.5) is 0 Å². The normalized spacial score (nSPS) is 22.9. The Kier molecular flexibility index (Phi) is 3.53. The molecule has 1 unspecified atom stereocenters. The Hall–Kier alpha value is -0.570. The van der Waals surface area contributed by atoms with Gasteiger partial charge in [0.1, 0.15) is 0 Å². The molecule has 0 N–H and O–H groups in total. The van der Waals surface area contributed by atoms with Crippen LogP contribution in [0.15, 0.2) is 30.3 Å². The molecule has 1 aromatic rings. The smallest absolute Gasteiger partial charge is 0.177 e. The van der Waals surface area contributed by atoms with Crippen molar-refractivity contribution in [3.05, 3.63) is 35.9 Å². The fourth-order valence-corrected chi connectivity index (χ4v) is 2.38. The number of Topliss-reactive ketones (excluding diaryl/α,β-unsaturated/α-hetero) is 1. The summed E-state index contributed by atoms with van der Waals surface area (Å²) in [7, 11) is 0. The molecule has 0 bridgehead atoms. The van der Waals surface area contributed by atoms with Crippen LogP contribution in [0, 0.1) is 5.92 Å². The lowest BCUT2D eigenvalue weighted by Gasteiger charge is -2.35. The summed E-state index contributed by atoms with van der Waals surface area (Å²) in [6.07, 6.45) is 0.490. The third kappa shape index (κ3) is 2.57. The lowest BCUT2D eigenvalue weighted by Crippen LogP contribution is -2.48. The van der Waals surface area contributed by atoms with Crippen molar-refractivity contribution < 1.29 is 9.53 Å². The highest BCUT2D eigenvalue weighted by atomic mass is 35.5. The predicted molar refractivity (Wildman–Crippen MR) is 63.6 cm³/mol. The fraction of sp³-hybridized carbons (Fsp3) is 0.417. The number of hydrogen-bond acceptors (Lipinski definition) is 2. The molecule has 0 amide bonds. The maximum atomic E-state index is 11.4. The van der Waals surface area contributed by atoms with Crippen LogP contribution in [0.5, 0.6) is 0 Å². The van der Waals surface area contributed by atoms with Gasteiger partial charge in [0.05, 0.1) is 13.2 Å². The second-order valence-corrected chi connectivity index (χ2v) is 5.45. The van der Waals surface area contributed by atoms with Crippen LogP contribution >= 0.6 is 23.2 Å². The maximum absolute atomic E-state index is 11.4. The van der Waals surface area contributed by atoms with Crippen molar-refractivity contribution in [1.82, 2.24) is 0 Å². The summed E-state index contributed by atoms with van der Waals surface area (Å²) in [5, 5.41) is 0. The summed E-state index contributed by atoms with van der Waals surface area (Å²) in [5.74, 6) is -0.261. The number of carbonyl (C=O) groups is 1. The lowest BCUT2D eigenvalue weighted by molar-refractivity contribution is -0.133. The van der Waals surface area contributed by atoms with E-state index < -0.39 is 4.33 Å². The van der Waals surface area contributed by atoms with Crippen molar-refractivity contribution in [3.63, 3.8) is 0 Å². The Morgan fingerprint density at radius 2 is 2.00 bits per heavy atom. The Bertz CT molecular complexity index is 376. The Morgan fingerprint density at radius 1 is 1.31 bits per heavy atom. The van der Waals surface area contributed by atoms with E-state index in [1.54, 1.807) is 0 Å². The molecule has 0 aliphatic heterocycles. The minimum absolute atomic E-state index is 0.121. The molecule has 1 aliphatic carbocycles. The van der Waals surface area contributed by atoms with E-state index in [1.807, 2.05) is 30.3 Å². The van der Waals surface area contributed by atoms with E-state index in [1.165, 1.54) is 0 Å². The van der Waals surface area contributed by atoms with Crippen LogP contribution in [0.3, 0.4) is 0 Å². The molecule has 1 aliphatic rings. The van der Waals surface area contributed by atoms with Crippen LogP contribution in [-0.4, -0.2) is 16.7 Å². The molecule has 1 atom stereocenters. The van der Waals surface area contributed by atoms with Gasteiger partial charge in [0.2, 0.25) is 0 Å². The summed E-state index contributed by atoms with van der Waals surface area (Å²) in [4.78, 5) is 11.4. The number of carbonyl (C=O) groups excluding carboxylic acids is 1. The monoisotopic (exact) mass is 258 g/mol. The molecule has 1 saturated carbocycles. The molecule has 1 aromatic carbocycles. The first-order chi connectivity index (χ1) is 7.59. The van der Waals surface area contributed by atoms with Crippen molar-refractivity contribution in [3.8, 4) is 0 Å². The number of ether oxygens (including phenoxy) is 1. The van der Waals surface area contributed by atoms with Gasteiger partial charge in [-0.05, 0) is 12.0 Å². The summed E-state index contributed by atoms with van der Waals surface area (Å²) >= 11 is 11.4. The topological polar surface area (TPSA) is 26.3 Å². The summed E-state index contributed by atoms with van der Waals surface area (Å²) in [5.41, 5.74) is 1.09. The van der Waals surface area contributed by atoms with Gasteiger partial charge in [-0.15, -0.1) is 0 Å². The second-order valence-electron chi connectivity index (χ2n) is 3.97. The molecule has 86 valence electrons.